The number of nitrogens with zero attached hydrogens (tertiary/aromatic N) is 2. The monoisotopic (exact) mass is 244 g/mol. The van der Waals surface area contributed by atoms with E-state index in [-0.39, 0.29) is 0 Å². The van der Waals surface area contributed by atoms with Crippen LogP contribution in [0.2, 0.25) is 5.02 Å². The highest BCUT2D eigenvalue weighted by Gasteiger charge is 1.97. The minimum Gasteiger partial charge on any atom is -0.285 e. The first kappa shape index (κ1) is 11.8. The Morgan fingerprint density at radius 1 is 1.12 bits per heavy atom. The van der Waals surface area contributed by atoms with Gasteiger partial charge in [-0.25, -0.2) is 0 Å². The van der Waals surface area contributed by atoms with Gasteiger partial charge >= 0.3 is 0 Å². The molecular weight excluding hydrogens is 232 g/mol. The molecule has 0 unspecified atom stereocenters. The van der Waals surface area contributed by atoms with Gasteiger partial charge in [0.1, 0.15) is 0 Å². The predicted octanol–water partition coefficient (Wildman–Crippen LogP) is 3.74. The molecule has 0 fully saturated rings. The maximum absolute atomic E-state index is 5.84. The SMILES string of the molecule is CC(=NCc1ccncc1)c1ccc(Cl)cc1. The van der Waals surface area contributed by atoms with Gasteiger partial charge in [-0.05, 0) is 42.3 Å². The van der Waals surface area contributed by atoms with E-state index in [1.54, 1.807) is 12.4 Å². The van der Waals surface area contributed by atoms with Crippen molar-refractivity contribution < 1.29 is 0 Å². The molecule has 0 bridgehead atoms. The van der Waals surface area contributed by atoms with Crippen molar-refractivity contribution in [1.82, 2.24) is 4.98 Å². The van der Waals surface area contributed by atoms with Crippen LogP contribution in [0.3, 0.4) is 0 Å². The van der Waals surface area contributed by atoms with E-state index in [4.69, 9.17) is 11.6 Å². The third kappa shape index (κ3) is 3.40. The number of benzene rings is 1. The maximum Gasteiger partial charge on any atom is 0.0644 e. The van der Waals surface area contributed by atoms with Gasteiger partial charge in [-0.2, -0.15) is 0 Å². The Kier molecular flexibility index (Phi) is 3.89. The molecule has 1 aromatic heterocycles. The van der Waals surface area contributed by atoms with E-state index < -0.39 is 0 Å². The van der Waals surface area contributed by atoms with E-state index >= 15 is 0 Å². The Morgan fingerprint density at radius 3 is 2.41 bits per heavy atom. The molecule has 0 aliphatic rings. The van der Waals surface area contributed by atoms with E-state index in [0.717, 1.165) is 21.9 Å². The van der Waals surface area contributed by atoms with Crippen molar-refractivity contribution in [3.63, 3.8) is 0 Å². The smallest absolute Gasteiger partial charge is 0.0644 e. The zero-order valence-electron chi connectivity index (χ0n) is 9.60. The lowest BCUT2D eigenvalue weighted by Gasteiger charge is -2.01. The molecule has 0 saturated heterocycles. The molecule has 2 nitrogen and oxygen atoms in total. The van der Waals surface area contributed by atoms with Crippen molar-refractivity contribution in [1.29, 1.82) is 0 Å². The van der Waals surface area contributed by atoms with Gasteiger partial charge in [0.15, 0.2) is 0 Å². The molecule has 0 amide bonds. The lowest BCUT2D eigenvalue weighted by molar-refractivity contribution is 1.05. The van der Waals surface area contributed by atoms with Gasteiger partial charge in [-0.3, -0.25) is 9.98 Å². The average Bonchev–Trinajstić information content (AvgIpc) is 2.38. The van der Waals surface area contributed by atoms with Gasteiger partial charge < -0.3 is 0 Å². The van der Waals surface area contributed by atoms with Gasteiger partial charge in [0, 0.05) is 23.1 Å². The highest BCUT2D eigenvalue weighted by Crippen LogP contribution is 2.11. The Labute approximate surface area is 106 Å². The van der Waals surface area contributed by atoms with Crippen molar-refractivity contribution in [2.75, 3.05) is 0 Å². The van der Waals surface area contributed by atoms with Gasteiger partial charge in [-0.1, -0.05) is 23.7 Å². The van der Waals surface area contributed by atoms with E-state index in [9.17, 15) is 0 Å². The van der Waals surface area contributed by atoms with Crippen LogP contribution in [0.15, 0.2) is 53.8 Å². The lowest BCUT2D eigenvalue weighted by atomic mass is 10.1. The first-order chi connectivity index (χ1) is 8.25. The van der Waals surface area contributed by atoms with Crippen molar-refractivity contribution in [3.05, 3.63) is 64.9 Å². The Bertz CT molecular complexity index is 504. The summed E-state index contributed by atoms with van der Waals surface area (Å²) in [6.45, 7) is 2.68. The van der Waals surface area contributed by atoms with Gasteiger partial charge in [-0.15, -0.1) is 0 Å². The molecule has 0 atom stereocenters. The van der Waals surface area contributed by atoms with Crippen molar-refractivity contribution in [2.45, 2.75) is 13.5 Å². The fourth-order valence-corrected chi connectivity index (χ4v) is 1.61. The summed E-state index contributed by atoms with van der Waals surface area (Å²) in [7, 11) is 0. The number of aromatic nitrogens is 1. The molecule has 0 spiro atoms. The highest BCUT2D eigenvalue weighted by atomic mass is 35.5. The van der Waals surface area contributed by atoms with E-state index in [0.29, 0.717) is 6.54 Å². The van der Waals surface area contributed by atoms with Crippen LogP contribution in [0.4, 0.5) is 0 Å². The second-order valence-electron chi connectivity index (χ2n) is 3.76. The summed E-state index contributed by atoms with van der Waals surface area (Å²) in [4.78, 5) is 8.52. The molecule has 1 heterocycles. The Hall–Kier alpha value is -1.67. The van der Waals surface area contributed by atoms with Crippen LogP contribution in [0.1, 0.15) is 18.1 Å². The number of hydrogen-bond acceptors (Lipinski definition) is 2. The molecule has 2 aromatic rings. The minimum absolute atomic E-state index is 0.678. The number of halogens is 1. The lowest BCUT2D eigenvalue weighted by Crippen LogP contribution is -1.95. The summed E-state index contributed by atoms with van der Waals surface area (Å²) in [5.41, 5.74) is 3.27. The molecule has 0 radical (unpaired) electrons. The van der Waals surface area contributed by atoms with E-state index in [1.807, 2.05) is 43.3 Å². The number of pyridine rings is 1. The van der Waals surface area contributed by atoms with Crippen molar-refractivity contribution in [2.24, 2.45) is 4.99 Å². The fourth-order valence-electron chi connectivity index (χ4n) is 1.48. The first-order valence-corrected chi connectivity index (χ1v) is 5.79. The van der Waals surface area contributed by atoms with Crippen LogP contribution in [0, 0.1) is 0 Å². The molecule has 3 heteroatoms. The number of aliphatic imine (C=N–C) groups is 1. The first-order valence-electron chi connectivity index (χ1n) is 5.41. The largest absolute Gasteiger partial charge is 0.285 e. The molecule has 86 valence electrons. The molecule has 2 rings (SSSR count). The van der Waals surface area contributed by atoms with Crippen molar-refractivity contribution >= 4 is 17.3 Å². The maximum atomic E-state index is 5.84. The topological polar surface area (TPSA) is 25.2 Å². The van der Waals surface area contributed by atoms with Gasteiger partial charge in [0.05, 0.1) is 6.54 Å². The Morgan fingerprint density at radius 2 is 1.76 bits per heavy atom. The van der Waals surface area contributed by atoms with Crippen LogP contribution in [-0.2, 0) is 6.54 Å². The van der Waals surface area contributed by atoms with Crippen LogP contribution >= 0.6 is 11.6 Å². The molecule has 0 N–H and O–H groups in total. The number of rotatable bonds is 3. The fraction of sp³-hybridized carbons (Fsp3) is 0.143. The molecule has 0 aliphatic carbocycles. The standard InChI is InChI=1S/C14H13ClN2/c1-11(13-2-4-14(15)5-3-13)17-10-12-6-8-16-9-7-12/h2-9H,10H2,1H3. The molecular formula is C14H13ClN2. The number of hydrogen-bond donors (Lipinski definition) is 0. The van der Waals surface area contributed by atoms with Crippen LogP contribution in [0.25, 0.3) is 0 Å². The zero-order valence-corrected chi connectivity index (χ0v) is 10.4. The second-order valence-corrected chi connectivity index (χ2v) is 4.20. The van der Waals surface area contributed by atoms with Crippen LogP contribution in [0.5, 0.6) is 0 Å². The van der Waals surface area contributed by atoms with Crippen LogP contribution < -0.4 is 0 Å². The normalized spacial score (nSPS) is 11.5. The summed E-state index contributed by atoms with van der Waals surface area (Å²) in [6, 6.07) is 11.7. The highest BCUT2D eigenvalue weighted by molar-refractivity contribution is 6.30. The molecule has 0 saturated carbocycles. The summed E-state index contributed by atoms with van der Waals surface area (Å²) in [5, 5.41) is 0.746. The van der Waals surface area contributed by atoms with Gasteiger partial charge in [0.25, 0.3) is 0 Å². The average molecular weight is 245 g/mol. The van der Waals surface area contributed by atoms with Crippen LogP contribution in [-0.4, -0.2) is 10.7 Å². The van der Waals surface area contributed by atoms with Crippen molar-refractivity contribution in [3.8, 4) is 0 Å². The summed E-state index contributed by atoms with van der Waals surface area (Å²) in [6.07, 6.45) is 3.56. The molecule has 1 aromatic carbocycles. The third-order valence-corrected chi connectivity index (χ3v) is 2.76. The summed E-state index contributed by atoms with van der Waals surface area (Å²) in [5.74, 6) is 0. The Balaban J connectivity index is 2.10. The van der Waals surface area contributed by atoms with E-state index in [1.165, 1.54) is 0 Å². The predicted molar refractivity (Wildman–Crippen MR) is 71.6 cm³/mol. The zero-order chi connectivity index (χ0) is 12.1. The van der Waals surface area contributed by atoms with Gasteiger partial charge in [0.2, 0.25) is 0 Å². The summed E-state index contributed by atoms with van der Waals surface area (Å²) >= 11 is 5.84. The summed E-state index contributed by atoms with van der Waals surface area (Å²) < 4.78 is 0. The minimum atomic E-state index is 0.678. The molecule has 17 heavy (non-hydrogen) atoms. The second kappa shape index (κ2) is 5.60. The molecule has 0 aliphatic heterocycles. The quantitative estimate of drug-likeness (QED) is 0.755. The van der Waals surface area contributed by atoms with E-state index in [2.05, 4.69) is 9.98 Å². The third-order valence-electron chi connectivity index (χ3n) is 2.51.